The van der Waals surface area contributed by atoms with Crippen LogP contribution in [0, 0.1) is 0 Å². The maximum absolute atomic E-state index is 12.7. The summed E-state index contributed by atoms with van der Waals surface area (Å²) in [6.07, 6.45) is -4.74. The van der Waals surface area contributed by atoms with Crippen molar-refractivity contribution in [3.63, 3.8) is 0 Å². The van der Waals surface area contributed by atoms with E-state index in [1.54, 1.807) is 12.1 Å². The molecule has 0 radical (unpaired) electrons. The van der Waals surface area contributed by atoms with Crippen molar-refractivity contribution in [2.24, 2.45) is 7.05 Å². The zero-order chi connectivity index (χ0) is 20.2. The number of nitrogens with one attached hydrogen (secondary N) is 2. The van der Waals surface area contributed by atoms with Gasteiger partial charge in [0.15, 0.2) is 11.5 Å². The van der Waals surface area contributed by atoms with Gasteiger partial charge in [-0.3, -0.25) is 4.57 Å². The van der Waals surface area contributed by atoms with Crippen LogP contribution < -0.4 is 25.8 Å². The van der Waals surface area contributed by atoms with Crippen LogP contribution in [0.4, 0.5) is 23.7 Å². The first-order chi connectivity index (χ1) is 12.7. The van der Waals surface area contributed by atoms with Crippen LogP contribution in [-0.2, 0) is 19.8 Å². The van der Waals surface area contributed by atoms with Crippen LogP contribution in [0.15, 0.2) is 23.0 Å². The van der Waals surface area contributed by atoms with E-state index in [4.69, 9.17) is 9.47 Å². The lowest BCUT2D eigenvalue weighted by molar-refractivity contribution is -0.147. The number of methoxy groups -OCH3 is 2. The van der Waals surface area contributed by atoms with Crippen molar-refractivity contribution >= 4 is 11.7 Å². The van der Waals surface area contributed by atoms with E-state index in [1.165, 1.54) is 20.3 Å². The molecule has 2 aromatic rings. The van der Waals surface area contributed by atoms with E-state index >= 15 is 0 Å². The predicted octanol–water partition coefficient (Wildman–Crippen LogP) is 1.44. The molecule has 2 rings (SSSR count). The Kier molecular flexibility index (Phi) is 5.98. The molecule has 2 amide bonds. The van der Waals surface area contributed by atoms with E-state index in [2.05, 4.69) is 15.7 Å². The Morgan fingerprint density at radius 3 is 2.44 bits per heavy atom. The number of ether oxygens (including phenoxy) is 2. The van der Waals surface area contributed by atoms with Gasteiger partial charge in [-0.15, -0.1) is 5.10 Å². The van der Waals surface area contributed by atoms with Gasteiger partial charge in [0.05, 0.1) is 20.8 Å². The number of carbonyl (C=O) groups excluding carboxylic acids is 1. The van der Waals surface area contributed by atoms with Crippen molar-refractivity contribution in [3.8, 4) is 11.5 Å². The summed E-state index contributed by atoms with van der Waals surface area (Å²) in [5, 5.41) is 8.20. The molecule has 0 unspecified atom stereocenters. The monoisotopic (exact) mass is 389 g/mol. The lowest BCUT2D eigenvalue weighted by Gasteiger charge is -2.11. The largest absolute Gasteiger partial charge is 0.493 e. The number of alkyl halides is 3. The average Bonchev–Trinajstić information content (AvgIpc) is 2.90. The van der Waals surface area contributed by atoms with Crippen molar-refractivity contribution < 1.29 is 27.4 Å². The number of carbonyl (C=O) groups is 1. The Bertz CT molecular complexity index is 875. The number of nitrogens with zero attached hydrogens (tertiary/aromatic N) is 3. The third kappa shape index (κ3) is 4.71. The third-order valence-corrected chi connectivity index (χ3v) is 3.54. The van der Waals surface area contributed by atoms with Crippen LogP contribution >= 0.6 is 0 Å². The van der Waals surface area contributed by atoms with E-state index in [1.807, 2.05) is 0 Å². The summed E-state index contributed by atoms with van der Waals surface area (Å²) in [5.74, 6) is -0.407. The molecule has 9 nitrogen and oxygen atoms in total. The molecule has 0 atom stereocenters. The molecule has 0 fully saturated rings. The molecule has 2 N–H and O–H groups in total. The van der Waals surface area contributed by atoms with Gasteiger partial charge in [0.2, 0.25) is 5.82 Å². The summed E-state index contributed by atoms with van der Waals surface area (Å²) in [6, 6.07) is 4.11. The van der Waals surface area contributed by atoms with Crippen molar-refractivity contribution in [1.29, 1.82) is 0 Å². The molecular formula is C15H18F3N5O4. The topological polar surface area (TPSA) is 99.4 Å². The summed E-state index contributed by atoms with van der Waals surface area (Å²) in [5.41, 5.74) is -0.510. The normalized spacial score (nSPS) is 11.2. The quantitative estimate of drug-likeness (QED) is 0.779. The number of hydrogen-bond donors (Lipinski definition) is 2. The standard InChI is InChI=1S/C15H18F3N5O4/c1-22-12(15(16,17)18)21-23(14(22)25)7-6-19-13(24)20-9-4-5-10(26-2)11(8-9)27-3/h4-5,8H,6-7H2,1-3H3,(H2,19,20,24). The maximum atomic E-state index is 12.7. The first-order valence-corrected chi connectivity index (χ1v) is 7.65. The summed E-state index contributed by atoms with van der Waals surface area (Å²) < 4.78 is 49.4. The number of amides is 2. The molecule has 0 aliphatic heterocycles. The van der Waals surface area contributed by atoms with Gasteiger partial charge in [-0.2, -0.15) is 13.2 Å². The van der Waals surface area contributed by atoms with Gasteiger partial charge in [0.25, 0.3) is 0 Å². The molecule has 0 bridgehead atoms. The molecule has 12 heteroatoms. The molecule has 0 spiro atoms. The van der Waals surface area contributed by atoms with Crippen molar-refractivity contribution in [1.82, 2.24) is 19.7 Å². The highest BCUT2D eigenvalue weighted by atomic mass is 19.4. The number of halogens is 3. The van der Waals surface area contributed by atoms with Gasteiger partial charge in [0, 0.05) is 25.3 Å². The highest BCUT2D eigenvalue weighted by molar-refractivity contribution is 5.89. The predicted molar refractivity (Wildman–Crippen MR) is 89.0 cm³/mol. The Morgan fingerprint density at radius 2 is 1.89 bits per heavy atom. The molecule has 1 aromatic heterocycles. The number of aromatic nitrogens is 3. The molecule has 0 saturated heterocycles. The summed E-state index contributed by atoms with van der Waals surface area (Å²) in [7, 11) is 3.90. The molecule has 1 heterocycles. The Balaban J connectivity index is 1.95. The number of rotatable bonds is 6. The fraction of sp³-hybridized carbons (Fsp3) is 0.400. The lowest BCUT2D eigenvalue weighted by Crippen LogP contribution is -2.34. The van der Waals surface area contributed by atoms with E-state index in [0.29, 0.717) is 26.4 Å². The van der Waals surface area contributed by atoms with Crippen molar-refractivity contribution in [2.75, 3.05) is 26.1 Å². The number of anilines is 1. The van der Waals surface area contributed by atoms with Crippen molar-refractivity contribution in [2.45, 2.75) is 12.7 Å². The molecule has 27 heavy (non-hydrogen) atoms. The SMILES string of the molecule is COc1ccc(NC(=O)NCCn2nc(C(F)(F)F)n(C)c2=O)cc1OC. The number of urea groups is 1. The number of benzene rings is 1. The van der Waals surface area contributed by atoms with Crippen LogP contribution in [0.5, 0.6) is 11.5 Å². The lowest BCUT2D eigenvalue weighted by atomic mass is 10.3. The molecule has 0 aliphatic carbocycles. The van der Waals surface area contributed by atoms with E-state index in [-0.39, 0.29) is 13.1 Å². The van der Waals surface area contributed by atoms with Crippen LogP contribution in [0.3, 0.4) is 0 Å². The van der Waals surface area contributed by atoms with Crippen LogP contribution in [-0.4, -0.2) is 41.1 Å². The smallest absolute Gasteiger partial charge is 0.451 e. The van der Waals surface area contributed by atoms with Crippen LogP contribution in [0.1, 0.15) is 5.82 Å². The van der Waals surface area contributed by atoms with E-state index in [0.717, 1.165) is 7.05 Å². The van der Waals surface area contributed by atoms with E-state index < -0.39 is 23.7 Å². The Hall–Kier alpha value is -3.18. The Morgan fingerprint density at radius 1 is 1.22 bits per heavy atom. The highest BCUT2D eigenvalue weighted by Gasteiger charge is 2.37. The molecule has 148 valence electrons. The zero-order valence-corrected chi connectivity index (χ0v) is 14.8. The maximum Gasteiger partial charge on any atom is 0.451 e. The van der Waals surface area contributed by atoms with Crippen LogP contribution in [0.25, 0.3) is 0 Å². The fourth-order valence-corrected chi connectivity index (χ4v) is 2.25. The van der Waals surface area contributed by atoms with Gasteiger partial charge in [-0.25, -0.2) is 14.3 Å². The van der Waals surface area contributed by atoms with Gasteiger partial charge in [-0.05, 0) is 12.1 Å². The van der Waals surface area contributed by atoms with E-state index in [9.17, 15) is 22.8 Å². The highest BCUT2D eigenvalue weighted by Crippen LogP contribution is 2.29. The second kappa shape index (κ2) is 8.01. The molecule has 0 aliphatic rings. The summed E-state index contributed by atoms with van der Waals surface area (Å²) >= 11 is 0. The first-order valence-electron chi connectivity index (χ1n) is 7.65. The van der Waals surface area contributed by atoms with Crippen molar-refractivity contribution in [3.05, 3.63) is 34.5 Å². The van der Waals surface area contributed by atoms with Gasteiger partial charge < -0.3 is 20.1 Å². The second-order valence-corrected chi connectivity index (χ2v) is 5.34. The second-order valence-electron chi connectivity index (χ2n) is 5.34. The first kappa shape index (κ1) is 20.1. The molecule has 1 aromatic carbocycles. The fourth-order valence-electron chi connectivity index (χ4n) is 2.25. The van der Waals surface area contributed by atoms with Gasteiger partial charge in [-0.1, -0.05) is 0 Å². The minimum Gasteiger partial charge on any atom is -0.493 e. The molecular weight excluding hydrogens is 371 g/mol. The zero-order valence-electron chi connectivity index (χ0n) is 14.8. The van der Waals surface area contributed by atoms with Gasteiger partial charge >= 0.3 is 17.9 Å². The molecule has 0 saturated carbocycles. The van der Waals surface area contributed by atoms with Gasteiger partial charge in [0.1, 0.15) is 0 Å². The minimum absolute atomic E-state index is 0.104. The van der Waals surface area contributed by atoms with Crippen LogP contribution in [0.2, 0.25) is 0 Å². The third-order valence-electron chi connectivity index (χ3n) is 3.54. The average molecular weight is 389 g/mol. The summed E-state index contributed by atoms with van der Waals surface area (Å²) in [4.78, 5) is 23.6. The summed E-state index contributed by atoms with van der Waals surface area (Å²) in [6.45, 7) is -0.324. The Labute approximate surface area is 151 Å². The minimum atomic E-state index is -4.74. The number of hydrogen-bond acceptors (Lipinski definition) is 5.